The second-order valence-electron chi connectivity index (χ2n) is 3.81. The summed E-state index contributed by atoms with van der Waals surface area (Å²) in [5, 5.41) is 7.22. The molecule has 1 N–H and O–H groups in total. The third kappa shape index (κ3) is 3.97. The van der Waals surface area contributed by atoms with Gasteiger partial charge in [-0.3, -0.25) is 9.48 Å². The maximum atomic E-state index is 11.7. The van der Waals surface area contributed by atoms with Gasteiger partial charge in [-0.05, 0) is 34.1 Å². The summed E-state index contributed by atoms with van der Waals surface area (Å²) in [6, 6.07) is 5.10. The number of carbonyl (C=O) groups is 1. The molecule has 0 saturated heterocycles. The van der Waals surface area contributed by atoms with Gasteiger partial charge in [0.05, 0.1) is 16.4 Å². The number of anilines is 1. The molecule has 0 radical (unpaired) electrons. The van der Waals surface area contributed by atoms with Crippen LogP contribution in [0.5, 0.6) is 5.75 Å². The molecule has 1 amide bonds. The van der Waals surface area contributed by atoms with E-state index in [4.69, 9.17) is 16.3 Å². The minimum Gasteiger partial charge on any atom is -0.483 e. The summed E-state index contributed by atoms with van der Waals surface area (Å²) >= 11 is 9.13. The maximum absolute atomic E-state index is 11.7. The molecule has 0 aliphatic carbocycles. The normalized spacial score (nSPS) is 10.3. The van der Waals surface area contributed by atoms with E-state index in [2.05, 4.69) is 26.3 Å². The van der Waals surface area contributed by atoms with Gasteiger partial charge in [-0.2, -0.15) is 5.10 Å². The van der Waals surface area contributed by atoms with Crippen molar-refractivity contribution in [2.24, 2.45) is 7.05 Å². The fourth-order valence-electron chi connectivity index (χ4n) is 1.42. The maximum Gasteiger partial charge on any atom is 0.262 e. The fourth-order valence-corrected chi connectivity index (χ4v) is 2.22. The minimum atomic E-state index is -0.255. The van der Waals surface area contributed by atoms with Gasteiger partial charge in [0.2, 0.25) is 0 Å². The zero-order chi connectivity index (χ0) is 13.8. The summed E-state index contributed by atoms with van der Waals surface area (Å²) in [6.07, 6.45) is 3.27. The molecule has 5 nitrogen and oxygen atoms in total. The molecule has 0 atom stereocenters. The second-order valence-corrected chi connectivity index (χ2v) is 5.11. The Morgan fingerprint density at radius 3 is 3.00 bits per heavy atom. The van der Waals surface area contributed by atoms with Crippen LogP contribution in [0.25, 0.3) is 0 Å². The van der Waals surface area contributed by atoms with Crippen LogP contribution in [0.15, 0.2) is 35.1 Å². The highest BCUT2D eigenvalue weighted by molar-refractivity contribution is 9.10. The van der Waals surface area contributed by atoms with E-state index in [9.17, 15) is 4.79 Å². The molecule has 19 heavy (non-hydrogen) atoms. The van der Waals surface area contributed by atoms with E-state index in [-0.39, 0.29) is 12.5 Å². The lowest BCUT2D eigenvalue weighted by Gasteiger charge is -2.08. The summed E-state index contributed by atoms with van der Waals surface area (Å²) in [4.78, 5) is 11.7. The molecule has 1 aromatic heterocycles. The first-order valence-electron chi connectivity index (χ1n) is 5.41. The third-order valence-corrected chi connectivity index (χ3v) is 3.10. The molecule has 1 heterocycles. The van der Waals surface area contributed by atoms with Crippen LogP contribution in [0.2, 0.25) is 5.02 Å². The van der Waals surface area contributed by atoms with Crippen molar-refractivity contribution in [3.63, 3.8) is 0 Å². The number of ether oxygens (including phenoxy) is 1. The molecule has 7 heteroatoms. The van der Waals surface area contributed by atoms with Crippen LogP contribution >= 0.6 is 27.5 Å². The van der Waals surface area contributed by atoms with E-state index in [0.29, 0.717) is 20.9 Å². The average molecular weight is 345 g/mol. The van der Waals surface area contributed by atoms with E-state index in [1.165, 1.54) is 0 Å². The van der Waals surface area contributed by atoms with Gasteiger partial charge in [-0.1, -0.05) is 11.6 Å². The van der Waals surface area contributed by atoms with Crippen molar-refractivity contribution in [3.05, 3.63) is 40.1 Å². The molecular formula is C12H11BrClN3O2. The van der Waals surface area contributed by atoms with Gasteiger partial charge in [0, 0.05) is 18.3 Å². The van der Waals surface area contributed by atoms with Crippen molar-refractivity contribution in [3.8, 4) is 5.75 Å². The summed E-state index contributed by atoms with van der Waals surface area (Å²) in [7, 11) is 1.77. The fraction of sp³-hybridized carbons (Fsp3) is 0.167. The van der Waals surface area contributed by atoms with Crippen molar-refractivity contribution in [2.45, 2.75) is 0 Å². The Labute approximate surface area is 123 Å². The number of hydrogen-bond donors (Lipinski definition) is 1. The number of aromatic nitrogens is 2. The molecule has 0 aliphatic heterocycles. The lowest BCUT2D eigenvalue weighted by molar-refractivity contribution is -0.118. The van der Waals surface area contributed by atoms with E-state index >= 15 is 0 Å². The highest BCUT2D eigenvalue weighted by Gasteiger charge is 2.07. The lowest BCUT2D eigenvalue weighted by Crippen LogP contribution is -2.20. The van der Waals surface area contributed by atoms with Crippen LogP contribution in [0, 0.1) is 0 Å². The number of aryl methyl sites for hydroxylation is 1. The summed E-state index contributed by atoms with van der Waals surface area (Å²) in [5.41, 5.74) is 0.631. The second kappa shape index (κ2) is 6.08. The van der Waals surface area contributed by atoms with Crippen LogP contribution in [0.4, 0.5) is 5.69 Å². The monoisotopic (exact) mass is 343 g/mol. The Morgan fingerprint density at radius 2 is 2.37 bits per heavy atom. The number of rotatable bonds is 4. The Hall–Kier alpha value is -1.53. The Morgan fingerprint density at radius 1 is 1.58 bits per heavy atom. The van der Waals surface area contributed by atoms with Gasteiger partial charge in [0.15, 0.2) is 6.61 Å². The quantitative estimate of drug-likeness (QED) is 0.928. The highest BCUT2D eigenvalue weighted by Crippen LogP contribution is 2.27. The Bertz CT molecular complexity index is 600. The Kier molecular flexibility index (Phi) is 4.44. The third-order valence-electron chi connectivity index (χ3n) is 2.24. The smallest absolute Gasteiger partial charge is 0.262 e. The number of benzene rings is 1. The van der Waals surface area contributed by atoms with Crippen molar-refractivity contribution < 1.29 is 9.53 Å². The number of amides is 1. The first kappa shape index (κ1) is 13.9. The summed E-state index contributed by atoms with van der Waals surface area (Å²) in [6.45, 7) is -0.0882. The number of nitrogens with one attached hydrogen (secondary N) is 1. The Balaban J connectivity index is 1.89. The van der Waals surface area contributed by atoms with Gasteiger partial charge in [0.1, 0.15) is 5.75 Å². The van der Waals surface area contributed by atoms with Crippen molar-refractivity contribution in [1.29, 1.82) is 0 Å². The molecule has 0 saturated carbocycles. The van der Waals surface area contributed by atoms with Crippen LogP contribution < -0.4 is 10.1 Å². The number of hydrogen-bond acceptors (Lipinski definition) is 3. The van der Waals surface area contributed by atoms with Gasteiger partial charge >= 0.3 is 0 Å². The van der Waals surface area contributed by atoms with Gasteiger partial charge in [0.25, 0.3) is 5.91 Å². The number of halogens is 2. The minimum absolute atomic E-state index is 0.0882. The van der Waals surface area contributed by atoms with Crippen LogP contribution in [-0.4, -0.2) is 22.3 Å². The van der Waals surface area contributed by atoms with Gasteiger partial charge < -0.3 is 10.1 Å². The van der Waals surface area contributed by atoms with Crippen molar-refractivity contribution in [1.82, 2.24) is 9.78 Å². The first-order chi connectivity index (χ1) is 9.04. The SMILES string of the molecule is Cn1cc(NC(=O)COc2ccc(Cl)cc2Br)cn1. The number of carbonyl (C=O) groups excluding carboxylic acids is 1. The predicted octanol–water partition coefficient (Wildman–Crippen LogP) is 2.85. The summed E-state index contributed by atoms with van der Waals surface area (Å²) < 4.78 is 7.69. The zero-order valence-corrected chi connectivity index (χ0v) is 12.4. The average Bonchev–Trinajstić information content (AvgIpc) is 2.73. The van der Waals surface area contributed by atoms with Crippen LogP contribution in [-0.2, 0) is 11.8 Å². The molecule has 0 aliphatic rings. The lowest BCUT2D eigenvalue weighted by atomic mass is 10.3. The molecular weight excluding hydrogens is 334 g/mol. The zero-order valence-electron chi connectivity index (χ0n) is 10.1. The van der Waals surface area contributed by atoms with Gasteiger partial charge in [-0.15, -0.1) is 0 Å². The number of nitrogens with zero attached hydrogens (tertiary/aromatic N) is 2. The molecule has 0 bridgehead atoms. The standard InChI is InChI=1S/C12H11BrClN3O2/c1-17-6-9(5-15-17)16-12(18)7-19-11-3-2-8(14)4-10(11)13/h2-6H,7H2,1H3,(H,16,18). The van der Waals surface area contributed by atoms with E-state index < -0.39 is 0 Å². The van der Waals surface area contributed by atoms with Crippen LogP contribution in [0.3, 0.4) is 0 Å². The topological polar surface area (TPSA) is 56.2 Å². The van der Waals surface area contributed by atoms with E-state index in [0.717, 1.165) is 0 Å². The van der Waals surface area contributed by atoms with Crippen molar-refractivity contribution >= 4 is 39.1 Å². The molecule has 0 fully saturated rings. The largest absolute Gasteiger partial charge is 0.483 e. The highest BCUT2D eigenvalue weighted by atomic mass is 79.9. The molecule has 100 valence electrons. The summed E-state index contributed by atoms with van der Waals surface area (Å²) in [5.74, 6) is 0.306. The van der Waals surface area contributed by atoms with Crippen molar-refractivity contribution in [2.75, 3.05) is 11.9 Å². The van der Waals surface area contributed by atoms with Crippen LogP contribution in [0.1, 0.15) is 0 Å². The van der Waals surface area contributed by atoms with E-state index in [1.54, 1.807) is 42.3 Å². The molecule has 2 aromatic rings. The molecule has 0 spiro atoms. The van der Waals surface area contributed by atoms with Gasteiger partial charge in [-0.25, -0.2) is 0 Å². The first-order valence-corrected chi connectivity index (χ1v) is 6.58. The van der Waals surface area contributed by atoms with E-state index in [1.807, 2.05) is 0 Å². The molecule has 0 unspecified atom stereocenters. The molecule has 2 rings (SSSR count). The molecule has 1 aromatic carbocycles. The predicted molar refractivity (Wildman–Crippen MR) is 76.5 cm³/mol.